The number of hydrogen-bond acceptors (Lipinski definition) is 4. The van der Waals surface area contributed by atoms with E-state index in [9.17, 15) is 9.59 Å². The SMILES string of the molecule is CCCCCOC(=O)C1CCCCC1C(=O)Oc1cc(Cl)ccc1Cl. The van der Waals surface area contributed by atoms with Gasteiger partial charge in [-0.1, -0.05) is 55.8 Å². The lowest BCUT2D eigenvalue weighted by atomic mass is 9.79. The van der Waals surface area contributed by atoms with Gasteiger partial charge in [0, 0.05) is 11.1 Å². The van der Waals surface area contributed by atoms with Crippen molar-refractivity contribution in [3.8, 4) is 5.75 Å². The predicted octanol–water partition coefficient (Wildman–Crippen LogP) is 5.44. The average Bonchev–Trinajstić information content (AvgIpc) is 2.61. The van der Waals surface area contributed by atoms with E-state index in [2.05, 4.69) is 6.92 Å². The molecule has 0 aliphatic heterocycles. The molecule has 2 rings (SSSR count). The largest absolute Gasteiger partial charge is 0.465 e. The smallest absolute Gasteiger partial charge is 0.315 e. The zero-order chi connectivity index (χ0) is 18.2. The van der Waals surface area contributed by atoms with Crippen LogP contribution in [0.1, 0.15) is 51.9 Å². The number of hydrogen-bond donors (Lipinski definition) is 0. The number of halogens is 2. The summed E-state index contributed by atoms with van der Waals surface area (Å²) in [7, 11) is 0. The Labute approximate surface area is 158 Å². The van der Waals surface area contributed by atoms with Crippen LogP contribution in [0.3, 0.4) is 0 Å². The van der Waals surface area contributed by atoms with Crippen molar-refractivity contribution in [2.75, 3.05) is 6.61 Å². The number of esters is 2. The van der Waals surface area contributed by atoms with E-state index in [1.54, 1.807) is 12.1 Å². The maximum Gasteiger partial charge on any atom is 0.315 e. The molecule has 0 heterocycles. The molecule has 1 fully saturated rings. The van der Waals surface area contributed by atoms with E-state index in [1.807, 2.05) is 0 Å². The normalized spacial score (nSPS) is 20.1. The van der Waals surface area contributed by atoms with E-state index >= 15 is 0 Å². The minimum atomic E-state index is -0.498. The molecule has 0 spiro atoms. The topological polar surface area (TPSA) is 52.6 Å². The van der Waals surface area contributed by atoms with Gasteiger partial charge >= 0.3 is 11.9 Å². The molecule has 0 radical (unpaired) electrons. The third-order valence-electron chi connectivity index (χ3n) is 4.47. The van der Waals surface area contributed by atoms with E-state index < -0.39 is 17.8 Å². The highest BCUT2D eigenvalue weighted by molar-refractivity contribution is 6.34. The number of ether oxygens (including phenoxy) is 2. The molecule has 6 heteroatoms. The molecule has 2 atom stereocenters. The van der Waals surface area contributed by atoms with Crippen molar-refractivity contribution in [1.82, 2.24) is 0 Å². The molecule has 1 aromatic rings. The van der Waals surface area contributed by atoms with E-state index in [0.717, 1.165) is 32.1 Å². The van der Waals surface area contributed by atoms with Gasteiger partial charge in [-0.15, -0.1) is 0 Å². The Balaban J connectivity index is 2.00. The zero-order valence-electron chi connectivity index (χ0n) is 14.4. The number of carbonyl (C=O) groups is 2. The van der Waals surface area contributed by atoms with Crippen LogP contribution in [-0.4, -0.2) is 18.5 Å². The maximum atomic E-state index is 12.6. The second-order valence-electron chi connectivity index (χ2n) is 6.37. The Bertz CT molecular complexity index is 603. The highest BCUT2D eigenvalue weighted by Gasteiger charge is 2.38. The summed E-state index contributed by atoms with van der Waals surface area (Å²) in [5.74, 6) is -1.46. The van der Waals surface area contributed by atoms with Crippen LogP contribution in [0.25, 0.3) is 0 Å². The number of rotatable bonds is 7. The molecule has 138 valence electrons. The molecular weight excluding hydrogens is 363 g/mol. The van der Waals surface area contributed by atoms with Crippen LogP contribution in [0.4, 0.5) is 0 Å². The van der Waals surface area contributed by atoms with E-state index in [1.165, 1.54) is 6.07 Å². The minimum Gasteiger partial charge on any atom is -0.465 e. The monoisotopic (exact) mass is 386 g/mol. The third kappa shape index (κ3) is 5.89. The Morgan fingerprint density at radius 2 is 1.76 bits per heavy atom. The third-order valence-corrected chi connectivity index (χ3v) is 5.01. The lowest BCUT2D eigenvalue weighted by Crippen LogP contribution is -2.36. The Morgan fingerprint density at radius 3 is 2.44 bits per heavy atom. The van der Waals surface area contributed by atoms with Crippen molar-refractivity contribution >= 4 is 35.1 Å². The quantitative estimate of drug-likeness (QED) is 0.355. The fraction of sp³-hybridized carbons (Fsp3) is 0.579. The Morgan fingerprint density at radius 1 is 1.08 bits per heavy atom. The first-order chi connectivity index (χ1) is 12.0. The van der Waals surface area contributed by atoms with Crippen LogP contribution in [0.2, 0.25) is 10.0 Å². The molecule has 25 heavy (non-hydrogen) atoms. The predicted molar refractivity (Wildman–Crippen MR) is 98.0 cm³/mol. The minimum absolute atomic E-state index is 0.222. The highest BCUT2D eigenvalue weighted by atomic mass is 35.5. The number of carbonyl (C=O) groups excluding carboxylic acids is 2. The van der Waals surface area contributed by atoms with Crippen LogP contribution in [-0.2, 0) is 14.3 Å². The molecule has 1 saturated carbocycles. The molecule has 1 aliphatic carbocycles. The summed E-state index contributed by atoms with van der Waals surface area (Å²) < 4.78 is 10.8. The lowest BCUT2D eigenvalue weighted by molar-refractivity contribution is -0.158. The highest BCUT2D eigenvalue weighted by Crippen LogP contribution is 2.34. The zero-order valence-corrected chi connectivity index (χ0v) is 15.9. The molecular formula is C19H24Cl2O4. The van der Waals surface area contributed by atoms with Crippen molar-refractivity contribution < 1.29 is 19.1 Å². The van der Waals surface area contributed by atoms with Gasteiger partial charge in [-0.05, 0) is 31.4 Å². The molecule has 0 N–H and O–H groups in total. The van der Waals surface area contributed by atoms with Gasteiger partial charge in [-0.2, -0.15) is 0 Å². The summed E-state index contributed by atoms with van der Waals surface area (Å²) in [4.78, 5) is 25.0. The Hall–Kier alpha value is -1.26. The van der Waals surface area contributed by atoms with Gasteiger partial charge < -0.3 is 9.47 Å². The molecule has 1 aromatic carbocycles. The first-order valence-electron chi connectivity index (χ1n) is 8.86. The van der Waals surface area contributed by atoms with E-state index in [-0.39, 0.29) is 11.7 Å². The van der Waals surface area contributed by atoms with Crippen LogP contribution in [0.5, 0.6) is 5.75 Å². The van der Waals surface area contributed by atoms with Crippen molar-refractivity contribution in [2.24, 2.45) is 11.8 Å². The first-order valence-corrected chi connectivity index (χ1v) is 9.62. The van der Waals surface area contributed by atoms with Gasteiger partial charge in [-0.25, -0.2) is 0 Å². The Kier molecular flexibility index (Phi) is 8.04. The van der Waals surface area contributed by atoms with Gasteiger partial charge in [0.2, 0.25) is 0 Å². The van der Waals surface area contributed by atoms with E-state index in [4.69, 9.17) is 32.7 Å². The number of benzene rings is 1. The molecule has 1 aliphatic rings. The summed E-state index contributed by atoms with van der Waals surface area (Å²) in [5.41, 5.74) is 0. The summed E-state index contributed by atoms with van der Waals surface area (Å²) in [6.45, 7) is 2.50. The van der Waals surface area contributed by atoms with Crippen LogP contribution in [0.15, 0.2) is 18.2 Å². The molecule has 0 aromatic heterocycles. The standard InChI is InChI=1S/C19H24Cl2O4/c1-2-3-6-11-24-18(22)14-7-4-5-8-15(14)19(23)25-17-12-13(20)9-10-16(17)21/h9-10,12,14-15H,2-8,11H2,1H3. The second-order valence-corrected chi connectivity index (χ2v) is 7.21. The fourth-order valence-corrected chi connectivity index (χ4v) is 3.38. The molecule has 4 nitrogen and oxygen atoms in total. The fourth-order valence-electron chi connectivity index (χ4n) is 3.07. The van der Waals surface area contributed by atoms with Gasteiger partial charge in [0.05, 0.1) is 23.5 Å². The summed E-state index contributed by atoms with van der Waals surface area (Å²) in [5, 5.41) is 0.745. The van der Waals surface area contributed by atoms with Gasteiger partial charge in [0.15, 0.2) is 5.75 Å². The van der Waals surface area contributed by atoms with Crippen LogP contribution >= 0.6 is 23.2 Å². The summed E-state index contributed by atoms with van der Waals surface area (Å²) in [6.07, 6.45) is 6.01. The van der Waals surface area contributed by atoms with Crippen molar-refractivity contribution in [2.45, 2.75) is 51.9 Å². The average molecular weight is 387 g/mol. The maximum absolute atomic E-state index is 12.6. The lowest BCUT2D eigenvalue weighted by Gasteiger charge is -2.28. The van der Waals surface area contributed by atoms with Crippen LogP contribution < -0.4 is 4.74 Å². The summed E-state index contributed by atoms with van der Waals surface area (Å²) in [6, 6.07) is 4.70. The van der Waals surface area contributed by atoms with Crippen LogP contribution in [0, 0.1) is 11.8 Å². The first kappa shape index (κ1) is 20.1. The van der Waals surface area contributed by atoms with Crippen molar-refractivity contribution in [1.29, 1.82) is 0 Å². The van der Waals surface area contributed by atoms with Crippen molar-refractivity contribution in [3.05, 3.63) is 28.2 Å². The van der Waals surface area contributed by atoms with Gasteiger partial charge in [-0.3, -0.25) is 9.59 Å². The van der Waals surface area contributed by atoms with E-state index in [0.29, 0.717) is 29.5 Å². The molecule has 0 amide bonds. The van der Waals surface area contributed by atoms with Crippen molar-refractivity contribution in [3.63, 3.8) is 0 Å². The van der Waals surface area contributed by atoms with Gasteiger partial charge in [0.25, 0.3) is 0 Å². The molecule has 0 saturated heterocycles. The molecule has 0 bridgehead atoms. The van der Waals surface area contributed by atoms with Gasteiger partial charge in [0.1, 0.15) is 0 Å². The second kappa shape index (κ2) is 10.0. The number of unbranched alkanes of at least 4 members (excludes halogenated alkanes) is 2. The molecule has 2 unspecified atom stereocenters. The summed E-state index contributed by atoms with van der Waals surface area (Å²) >= 11 is 12.0.